The zero-order valence-corrected chi connectivity index (χ0v) is 13.4. The number of nitrogens with zero attached hydrogens (tertiary/aromatic N) is 2. The third kappa shape index (κ3) is 2.37. The molecular formula is C19H14N4O2. The highest BCUT2D eigenvalue weighted by molar-refractivity contribution is 6.22. The Morgan fingerprint density at radius 2 is 1.76 bits per heavy atom. The molecule has 0 aromatic heterocycles. The molecule has 6 heteroatoms. The molecule has 6 nitrogen and oxygen atoms in total. The number of hydrogen-bond acceptors (Lipinski definition) is 6. The number of rotatable bonds is 3. The zero-order valence-electron chi connectivity index (χ0n) is 13.4. The maximum Gasteiger partial charge on any atom is 0.245 e. The van der Waals surface area contributed by atoms with Crippen molar-refractivity contribution >= 4 is 22.9 Å². The summed E-state index contributed by atoms with van der Waals surface area (Å²) >= 11 is 0. The van der Waals surface area contributed by atoms with E-state index in [0.29, 0.717) is 16.9 Å². The number of ketones is 1. The molecule has 0 fully saturated rings. The zero-order chi connectivity index (χ0) is 18.2. The lowest BCUT2D eigenvalue weighted by atomic mass is 9.89. The van der Waals surface area contributed by atoms with Gasteiger partial charge in [0.05, 0.1) is 16.9 Å². The van der Waals surface area contributed by atoms with Gasteiger partial charge in [0.1, 0.15) is 17.9 Å². The molecule has 4 N–H and O–H groups in total. The molecule has 25 heavy (non-hydrogen) atoms. The third-order valence-electron chi connectivity index (χ3n) is 4.13. The number of nitriles is 2. The summed E-state index contributed by atoms with van der Waals surface area (Å²) in [5, 5.41) is 32.6. The van der Waals surface area contributed by atoms with Gasteiger partial charge in [-0.15, -0.1) is 0 Å². The number of Topliss-reactive ketones (excluding diaryl/α,β-unsaturated/α-hetero) is 1. The molecule has 0 atom stereocenters. The van der Waals surface area contributed by atoms with E-state index in [0.717, 1.165) is 5.56 Å². The van der Waals surface area contributed by atoms with Crippen molar-refractivity contribution in [3.8, 4) is 12.1 Å². The van der Waals surface area contributed by atoms with Crippen LogP contribution in [0.25, 0.3) is 5.76 Å². The second kappa shape index (κ2) is 5.70. The summed E-state index contributed by atoms with van der Waals surface area (Å²) in [7, 11) is 0. The summed E-state index contributed by atoms with van der Waals surface area (Å²) in [6.07, 6.45) is 0. The molecule has 0 saturated heterocycles. The Balaban J connectivity index is 2.14. The van der Waals surface area contributed by atoms with Crippen molar-refractivity contribution in [2.24, 2.45) is 0 Å². The van der Waals surface area contributed by atoms with E-state index in [-0.39, 0.29) is 16.9 Å². The minimum Gasteiger partial charge on any atom is -0.507 e. The molecule has 0 bridgehead atoms. The topological polar surface area (TPSA) is 123 Å². The van der Waals surface area contributed by atoms with Crippen LogP contribution in [0.5, 0.6) is 0 Å². The SMILES string of the molecule is Cc1ccc(NC(C#N)(C#N)C2=C(O)c3ccccc3C2=O)c(N)c1. The van der Waals surface area contributed by atoms with Crippen molar-refractivity contribution < 1.29 is 9.90 Å². The van der Waals surface area contributed by atoms with Crippen molar-refractivity contribution in [2.75, 3.05) is 11.1 Å². The van der Waals surface area contributed by atoms with Gasteiger partial charge in [0.15, 0.2) is 5.78 Å². The number of fused-ring (bicyclic) bond motifs is 1. The van der Waals surface area contributed by atoms with E-state index in [9.17, 15) is 20.4 Å². The van der Waals surface area contributed by atoms with E-state index >= 15 is 0 Å². The molecule has 1 aliphatic carbocycles. The highest BCUT2D eigenvalue weighted by atomic mass is 16.3. The highest BCUT2D eigenvalue weighted by Crippen LogP contribution is 2.38. The van der Waals surface area contributed by atoms with Crippen LogP contribution in [0.15, 0.2) is 48.0 Å². The van der Waals surface area contributed by atoms with Gasteiger partial charge >= 0.3 is 0 Å². The second-order valence-corrected chi connectivity index (χ2v) is 5.79. The van der Waals surface area contributed by atoms with Crippen LogP contribution in [0.4, 0.5) is 11.4 Å². The van der Waals surface area contributed by atoms with Crippen molar-refractivity contribution in [1.29, 1.82) is 10.5 Å². The van der Waals surface area contributed by atoms with Crippen LogP contribution in [0.1, 0.15) is 21.5 Å². The molecule has 0 heterocycles. The first kappa shape index (κ1) is 16.1. The predicted molar refractivity (Wildman–Crippen MR) is 93.5 cm³/mol. The number of nitrogens with two attached hydrogens (primary N) is 1. The maximum absolute atomic E-state index is 12.7. The Bertz CT molecular complexity index is 995. The molecule has 0 aliphatic heterocycles. The number of aryl methyl sites for hydroxylation is 1. The number of hydrogen-bond donors (Lipinski definition) is 3. The van der Waals surface area contributed by atoms with Gasteiger partial charge in [0.2, 0.25) is 5.54 Å². The summed E-state index contributed by atoms with van der Waals surface area (Å²) in [5.74, 6) is -0.934. The Kier molecular flexibility index (Phi) is 3.67. The molecule has 2 aromatic rings. The minimum absolute atomic E-state index is 0.253. The number of nitrogen functional groups attached to an aromatic ring is 1. The normalized spacial score (nSPS) is 13.2. The van der Waals surface area contributed by atoms with Gasteiger partial charge in [-0.25, -0.2) is 0 Å². The smallest absolute Gasteiger partial charge is 0.245 e. The van der Waals surface area contributed by atoms with E-state index in [2.05, 4.69) is 5.32 Å². The Morgan fingerprint density at radius 3 is 2.32 bits per heavy atom. The van der Waals surface area contributed by atoms with E-state index in [1.54, 1.807) is 42.5 Å². The maximum atomic E-state index is 12.7. The van der Waals surface area contributed by atoms with Crippen LogP contribution in [-0.2, 0) is 0 Å². The number of carbonyl (C=O) groups is 1. The van der Waals surface area contributed by atoms with Gasteiger partial charge in [0, 0.05) is 11.1 Å². The van der Waals surface area contributed by atoms with Crippen LogP contribution in [0.2, 0.25) is 0 Å². The molecule has 0 amide bonds. The first-order valence-electron chi connectivity index (χ1n) is 7.48. The fraction of sp³-hybridized carbons (Fsp3) is 0.105. The monoisotopic (exact) mass is 330 g/mol. The Hall–Kier alpha value is -3.77. The fourth-order valence-corrected chi connectivity index (χ4v) is 2.87. The highest BCUT2D eigenvalue weighted by Gasteiger charge is 2.46. The van der Waals surface area contributed by atoms with Crippen LogP contribution in [0, 0.1) is 29.6 Å². The predicted octanol–water partition coefficient (Wildman–Crippen LogP) is 2.94. The van der Waals surface area contributed by atoms with Crippen molar-refractivity contribution in [2.45, 2.75) is 12.5 Å². The van der Waals surface area contributed by atoms with Crippen molar-refractivity contribution in [3.63, 3.8) is 0 Å². The third-order valence-corrected chi connectivity index (χ3v) is 4.13. The van der Waals surface area contributed by atoms with Crippen LogP contribution < -0.4 is 11.1 Å². The molecule has 0 radical (unpaired) electrons. The lowest BCUT2D eigenvalue weighted by Crippen LogP contribution is -2.40. The largest absolute Gasteiger partial charge is 0.507 e. The van der Waals surface area contributed by atoms with E-state index in [1.165, 1.54) is 0 Å². The lowest BCUT2D eigenvalue weighted by Gasteiger charge is -2.23. The van der Waals surface area contributed by atoms with Gasteiger partial charge in [-0.3, -0.25) is 4.79 Å². The number of anilines is 2. The first-order chi connectivity index (χ1) is 11.9. The molecule has 0 saturated carbocycles. The van der Waals surface area contributed by atoms with Gasteiger partial charge in [-0.2, -0.15) is 10.5 Å². The average molecular weight is 330 g/mol. The number of nitrogens with one attached hydrogen (secondary N) is 1. The summed E-state index contributed by atoms with van der Waals surface area (Å²) < 4.78 is 0. The summed E-state index contributed by atoms with van der Waals surface area (Å²) in [6.45, 7) is 1.85. The van der Waals surface area contributed by atoms with Crippen LogP contribution in [0.3, 0.4) is 0 Å². The molecule has 0 spiro atoms. The van der Waals surface area contributed by atoms with E-state index < -0.39 is 11.3 Å². The lowest BCUT2D eigenvalue weighted by molar-refractivity contribution is 0.103. The molecule has 0 unspecified atom stereocenters. The summed E-state index contributed by atoms with van der Waals surface area (Å²) in [4.78, 5) is 12.7. The van der Waals surface area contributed by atoms with Gasteiger partial charge in [0.25, 0.3) is 0 Å². The molecule has 3 rings (SSSR count). The van der Waals surface area contributed by atoms with Crippen LogP contribution >= 0.6 is 0 Å². The Morgan fingerprint density at radius 1 is 1.12 bits per heavy atom. The van der Waals surface area contributed by atoms with Crippen LogP contribution in [-0.4, -0.2) is 16.4 Å². The summed E-state index contributed by atoms with van der Waals surface area (Å²) in [6, 6.07) is 15.1. The van der Waals surface area contributed by atoms with E-state index in [1.807, 2.05) is 19.1 Å². The number of aliphatic hydroxyl groups is 1. The Labute approximate surface area is 144 Å². The summed E-state index contributed by atoms with van der Waals surface area (Å²) in [5.41, 5.74) is 5.72. The van der Waals surface area contributed by atoms with Crippen molar-refractivity contribution in [3.05, 3.63) is 64.7 Å². The van der Waals surface area contributed by atoms with Gasteiger partial charge in [-0.1, -0.05) is 30.3 Å². The van der Waals surface area contributed by atoms with Gasteiger partial charge < -0.3 is 16.2 Å². The quantitative estimate of drug-likeness (QED) is 0.743. The van der Waals surface area contributed by atoms with E-state index in [4.69, 9.17) is 5.73 Å². The number of aliphatic hydroxyl groups excluding tert-OH is 1. The molecule has 1 aliphatic rings. The molecule has 122 valence electrons. The average Bonchev–Trinajstić information content (AvgIpc) is 2.87. The first-order valence-corrected chi connectivity index (χ1v) is 7.48. The second-order valence-electron chi connectivity index (χ2n) is 5.79. The van der Waals surface area contributed by atoms with Crippen molar-refractivity contribution in [1.82, 2.24) is 0 Å². The number of benzene rings is 2. The minimum atomic E-state index is -2.07. The molecular weight excluding hydrogens is 316 g/mol. The fourth-order valence-electron chi connectivity index (χ4n) is 2.87. The number of carbonyl (C=O) groups excluding carboxylic acids is 1. The standard InChI is InChI=1S/C19H14N4O2/c1-11-6-7-15(14(22)8-11)23-19(9-20,10-21)16-17(24)12-4-2-3-5-13(12)18(16)25/h2-8,23-24H,22H2,1H3. The van der Waals surface area contributed by atoms with Gasteiger partial charge in [-0.05, 0) is 24.6 Å². The molecule has 2 aromatic carbocycles.